The van der Waals surface area contributed by atoms with Crippen LogP contribution in [0.1, 0.15) is 56.2 Å². The summed E-state index contributed by atoms with van der Waals surface area (Å²) in [6.07, 6.45) is 3.90. The fourth-order valence-corrected chi connectivity index (χ4v) is 3.34. The van der Waals surface area contributed by atoms with Gasteiger partial charge in [0.1, 0.15) is 5.01 Å². The molecule has 19 heavy (non-hydrogen) atoms. The molecule has 0 saturated heterocycles. The smallest absolute Gasteiger partial charge is 0.223 e. The van der Waals surface area contributed by atoms with Gasteiger partial charge >= 0.3 is 0 Å². The maximum Gasteiger partial charge on any atom is 0.223 e. The molecule has 1 aromatic rings. The van der Waals surface area contributed by atoms with Gasteiger partial charge in [-0.15, -0.1) is 11.3 Å². The van der Waals surface area contributed by atoms with Crippen molar-refractivity contribution in [3.63, 3.8) is 0 Å². The fourth-order valence-electron chi connectivity index (χ4n) is 2.44. The van der Waals surface area contributed by atoms with E-state index in [1.54, 1.807) is 11.3 Å². The second kappa shape index (κ2) is 6.48. The van der Waals surface area contributed by atoms with Crippen LogP contribution in [0.25, 0.3) is 0 Å². The maximum absolute atomic E-state index is 12.1. The highest BCUT2D eigenvalue weighted by Crippen LogP contribution is 2.23. The molecule has 106 valence electrons. The van der Waals surface area contributed by atoms with Crippen LogP contribution < -0.4 is 11.1 Å². The lowest BCUT2D eigenvalue weighted by Gasteiger charge is -2.25. The lowest BCUT2D eigenvalue weighted by molar-refractivity contribution is -0.126. The first-order valence-electron chi connectivity index (χ1n) is 7.04. The van der Waals surface area contributed by atoms with E-state index in [0.29, 0.717) is 12.5 Å². The molecule has 0 aliphatic heterocycles. The Hall–Kier alpha value is -0.940. The highest BCUT2D eigenvalue weighted by molar-refractivity contribution is 7.09. The fraction of sp³-hybridized carbons (Fsp3) is 0.714. The third kappa shape index (κ3) is 4.01. The molecule has 4 nitrogen and oxygen atoms in total. The Morgan fingerprint density at radius 3 is 3.00 bits per heavy atom. The van der Waals surface area contributed by atoms with Gasteiger partial charge in [-0.05, 0) is 25.2 Å². The zero-order chi connectivity index (χ0) is 13.8. The number of nitrogens with zero attached hydrogens (tertiary/aromatic N) is 1. The summed E-state index contributed by atoms with van der Waals surface area (Å²) in [7, 11) is 0. The summed E-state index contributed by atoms with van der Waals surface area (Å²) in [4.78, 5) is 16.6. The van der Waals surface area contributed by atoms with Crippen molar-refractivity contribution in [1.82, 2.24) is 10.3 Å². The van der Waals surface area contributed by atoms with Gasteiger partial charge in [-0.1, -0.05) is 20.3 Å². The number of hydrogen-bond acceptors (Lipinski definition) is 4. The molecule has 0 aromatic carbocycles. The minimum atomic E-state index is 0.0910. The van der Waals surface area contributed by atoms with Crippen LogP contribution in [0.2, 0.25) is 0 Å². The van der Waals surface area contributed by atoms with Crippen molar-refractivity contribution in [2.45, 2.75) is 58.0 Å². The third-order valence-electron chi connectivity index (χ3n) is 3.66. The zero-order valence-corrected chi connectivity index (χ0v) is 12.5. The molecule has 2 unspecified atom stereocenters. The topological polar surface area (TPSA) is 68.0 Å². The van der Waals surface area contributed by atoms with Gasteiger partial charge in [0, 0.05) is 17.3 Å². The Morgan fingerprint density at radius 2 is 2.37 bits per heavy atom. The molecule has 0 spiro atoms. The molecule has 0 radical (unpaired) electrons. The average molecular weight is 281 g/mol. The first-order chi connectivity index (χ1) is 9.06. The number of hydrogen-bond donors (Lipinski definition) is 2. The van der Waals surface area contributed by atoms with E-state index >= 15 is 0 Å². The molecule has 5 heteroatoms. The third-order valence-corrected chi connectivity index (χ3v) is 4.53. The standard InChI is InChI=1S/C14H23N3OS/c1-9(2)12-8-19-13(17-12)7-16-14(18)10-4-3-5-11(15)6-10/h8-11H,3-7,15H2,1-2H3,(H,16,18). The van der Waals surface area contributed by atoms with Crippen LogP contribution in [0.15, 0.2) is 5.38 Å². The quantitative estimate of drug-likeness (QED) is 0.890. The van der Waals surface area contributed by atoms with E-state index in [2.05, 4.69) is 29.5 Å². The van der Waals surface area contributed by atoms with Gasteiger partial charge in [-0.3, -0.25) is 4.79 Å². The Labute approximate surface area is 118 Å². The van der Waals surface area contributed by atoms with Gasteiger partial charge < -0.3 is 11.1 Å². The number of nitrogens with one attached hydrogen (secondary N) is 1. The molecule has 3 N–H and O–H groups in total. The van der Waals surface area contributed by atoms with E-state index in [-0.39, 0.29) is 17.9 Å². The number of rotatable bonds is 4. The molecule has 2 atom stereocenters. The zero-order valence-electron chi connectivity index (χ0n) is 11.7. The molecule has 1 saturated carbocycles. The SMILES string of the molecule is CC(C)c1csc(CNC(=O)C2CCCC(N)C2)n1. The number of carbonyl (C=O) groups is 1. The number of thiazole rings is 1. The van der Waals surface area contributed by atoms with E-state index in [1.165, 1.54) is 0 Å². The summed E-state index contributed by atoms with van der Waals surface area (Å²) in [5.74, 6) is 0.668. The minimum absolute atomic E-state index is 0.0910. The highest BCUT2D eigenvalue weighted by Gasteiger charge is 2.25. The second-order valence-corrected chi connectivity index (χ2v) is 6.60. The largest absolute Gasteiger partial charge is 0.349 e. The van der Waals surface area contributed by atoms with Crippen molar-refractivity contribution in [2.24, 2.45) is 11.7 Å². The van der Waals surface area contributed by atoms with E-state index < -0.39 is 0 Å². The summed E-state index contributed by atoms with van der Waals surface area (Å²) in [6.45, 7) is 4.80. The summed E-state index contributed by atoms with van der Waals surface area (Å²) in [5, 5.41) is 6.05. The van der Waals surface area contributed by atoms with E-state index in [1.807, 2.05) is 0 Å². The molecule has 1 amide bonds. The Kier molecular flexibility index (Phi) is 4.93. The lowest BCUT2D eigenvalue weighted by atomic mass is 9.85. The lowest BCUT2D eigenvalue weighted by Crippen LogP contribution is -2.37. The molecule has 0 bridgehead atoms. The summed E-state index contributed by atoms with van der Waals surface area (Å²) in [5.41, 5.74) is 7.02. The van der Waals surface area contributed by atoms with Crippen LogP contribution in [0, 0.1) is 5.92 Å². The van der Waals surface area contributed by atoms with Crippen LogP contribution in [0.3, 0.4) is 0 Å². The van der Waals surface area contributed by atoms with Gasteiger partial charge in [-0.2, -0.15) is 0 Å². The molecule has 2 rings (SSSR count). The molecule has 1 fully saturated rings. The summed E-state index contributed by atoms with van der Waals surface area (Å²) >= 11 is 1.62. The monoisotopic (exact) mass is 281 g/mol. The molecule has 1 aromatic heterocycles. The average Bonchev–Trinajstić information content (AvgIpc) is 2.85. The number of amides is 1. The number of aromatic nitrogens is 1. The normalized spacial score (nSPS) is 23.6. The Bertz CT molecular complexity index is 430. The van der Waals surface area contributed by atoms with Crippen LogP contribution in [0.4, 0.5) is 0 Å². The van der Waals surface area contributed by atoms with Crippen molar-refractivity contribution in [3.05, 3.63) is 16.1 Å². The first kappa shape index (κ1) is 14.5. The van der Waals surface area contributed by atoms with Gasteiger partial charge in [0.05, 0.1) is 12.2 Å². The number of nitrogens with two attached hydrogens (primary N) is 1. The predicted molar refractivity (Wildman–Crippen MR) is 78.0 cm³/mol. The molecular weight excluding hydrogens is 258 g/mol. The van der Waals surface area contributed by atoms with Crippen molar-refractivity contribution >= 4 is 17.2 Å². The van der Waals surface area contributed by atoms with Crippen LogP contribution in [-0.2, 0) is 11.3 Å². The molecular formula is C14H23N3OS. The van der Waals surface area contributed by atoms with Crippen molar-refractivity contribution in [2.75, 3.05) is 0 Å². The Balaban J connectivity index is 1.82. The molecule has 1 aliphatic rings. The minimum Gasteiger partial charge on any atom is -0.349 e. The molecule has 1 aliphatic carbocycles. The van der Waals surface area contributed by atoms with Gasteiger partial charge in [0.2, 0.25) is 5.91 Å². The van der Waals surface area contributed by atoms with E-state index in [0.717, 1.165) is 36.4 Å². The Morgan fingerprint density at radius 1 is 1.58 bits per heavy atom. The summed E-state index contributed by atoms with van der Waals surface area (Å²) < 4.78 is 0. The number of carbonyl (C=O) groups excluding carboxylic acids is 1. The van der Waals surface area contributed by atoms with Gasteiger partial charge in [0.15, 0.2) is 0 Å². The van der Waals surface area contributed by atoms with Crippen LogP contribution in [0.5, 0.6) is 0 Å². The van der Waals surface area contributed by atoms with Crippen LogP contribution >= 0.6 is 11.3 Å². The van der Waals surface area contributed by atoms with Gasteiger partial charge in [0.25, 0.3) is 0 Å². The van der Waals surface area contributed by atoms with E-state index in [9.17, 15) is 4.79 Å². The van der Waals surface area contributed by atoms with E-state index in [4.69, 9.17) is 5.73 Å². The van der Waals surface area contributed by atoms with Crippen molar-refractivity contribution in [3.8, 4) is 0 Å². The molecule has 1 heterocycles. The maximum atomic E-state index is 12.1. The highest BCUT2D eigenvalue weighted by atomic mass is 32.1. The van der Waals surface area contributed by atoms with Gasteiger partial charge in [-0.25, -0.2) is 4.98 Å². The van der Waals surface area contributed by atoms with Crippen LogP contribution in [-0.4, -0.2) is 16.9 Å². The van der Waals surface area contributed by atoms with Crippen molar-refractivity contribution in [1.29, 1.82) is 0 Å². The first-order valence-corrected chi connectivity index (χ1v) is 7.91. The van der Waals surface area contributed by atoms with Crippen molar-refractivity contribution < 1.29 is 4.79 Å². The predicted octanol–water partition coefficient (Wildman–Crippen LogP) is 2.40. The summed E-state index contributed by atoms with van der Waals surface area (Å²) in [6, 6.07) is 0.192. The second-order valence-electron chi connectivity index (χ2n) is 5.66.